The first-order chi connectivity index (χ1) is 21.0. The minimum atomic E-state index is -1.59. The topological polar surface area (TPSA) is 108 Å². The minimum absolute atomic E-state index is 0.207. The molecule has 0 aliphatic carbocycles. The van der Waals surface area contributed by atoms with Crippen molar-refractivity contribution in [2.24, 2.45) is 0 Å². The molecule has 10 nitrogen and oxygen atoms in total. The fourth-order valence-electron chi connectivity index (χ4n) is 5.25. The third-order valence-electron chi connectivity index (χ3n) is 7.24. The van der Waals surface area contributed by atoms with Crippen molar-refractivity contribution in [2.45, 2.75) is 44.8 Å². The predicted molar refractivity (Wildman–Crippen MR) is 173 cm³/mol. The van der Waals surface area contributed by atoms with E-state index in [0.717, 1.165) is 15.4 Å². The van der Waals surface area contributed by atoms with E-state index in [4.69, 9.17) is 28.7 Å². The van der Waals surface area contributed by atoms with Crippen molar-refractivity contribution < 1.29 is 28.8 Å². The number of nitrogens with zero attached hydrogens (tertiary/aromatic N) is 4. The number of methoxy groups -OCH3 is 3. The van der Waals surface area contributed by atoms with Crippen LogP contribution in [0.4, 0.5) is 0 Å². The van der Waals surface area contributed by atoms with Crippen LogP contribution < -0.4 is 23.7 Å². The summed E-state index contributed by atoms with van der Waals surface area (Å²) in [6.45, 7) is 6.69. The van der Waals surface area contributed by atoms with Gasteiger partial charge in [-0.25, -0.2) is 9.97 Å². The Bertz CT molecular complexity index is 1560. The average Bonchev–Trinajstić information content (AvgIpc) is 3.00. The lowest BCUT2D eigenvalue weighted by Gasteiger charge is -2.39. The number of aromatic nitrogens is 3. The van der Waals surface area contributed by atoms with E-state index in [9.17, 15) is 5.11 Å². The number of ether oxygens (including phenoxy) is 5. The highest BCUT2D eigenvalue weighted by Gasteiger charge is 2.45. The van der Waals surface area contributed by atoms with E-state index >= 15 is 0 Å². The highest BCUT2D eigenvalue weighted by molar-refractivity contribution is 9.10. The van der Waals surface area contributed by atoms with E-state index in [0.29, 0.717) is 65.5 Å². The lowest BCUT2D eigenvalue weighted by molar-refractivity contribution is 0.00223. The molecule has 0 bridgehead atoms. The van der Waals surface area contributed by atoms with Crippen LogP contribution in [0.25, 0.3) is 10.9 Å². The molecule has 0 aliphatic heterocycles. The molecule has 1 N–H and O–H groups in total. The van der Waals surface area contributed by atoms with E-state index in [1.54, 1.807) is 25.4 Å². The van der Waals surface area contributed by atoms with Crippen LogP contribution in [0.2, 0.25) is 0 Å². The molecule has 44 heavy (non-hydrogen) atoms. The van der Waals surface area contributed by atoms with Crippen LogP contribution in [0.5, 0.6) is 29.3 Å². The summed E-state index contributed by atoms with van der Waals surface area (Å²) in [7, 11) is 8.57. The van der Waals surface area contributed by atoms with Gasteiger partial charge in [0.15, 0.2) is 5.75 Å². The van der Waals surface area contributed by atoms with Crippen LogP contribution in [0.15, 0.2) is 53.1 Å². The lowest BCUT2D eigenvalue weighted by atomic mass is 9.71. The molecule has 11 heteroatoms. The van der Waals surface area contributed by atoms with Gasteiger partial charge >= 0.3 is 0 Å². The first-order valence-electron chi connectivity index (χ1n) is 14.4. The Morgan fingerprint density at radius 3 is 2.20 bits per heavy atom. The van der Waals surface area contributed by atoms with Crippen molar-refractivity contribution >= 4 is 26.8 Å². The Morgan fingerprint density at radius 1 is 0.909 bits per heavy atom. The molecule has 236 valence electrons. The maximum absolute atomic E-state index is 13.3. The first kappa shape index (κ1) is 33.2. The van der Waals surface area contributed by atoms with Crippen molar-refractivity contribution in [3.05, 3.63) is 69.8 Å². The molecule has 1 aromatic carbocycles. The molecule has 0 saturated heterocycles. The highest BCUT2D eigenvalue weighted by Crippen LogP contribution is 2.52. The Kier molecular flexibility index (Phi) is 10.9. The lowest BCUT2D eigenvalue weighted by Crippen LogP contribution is -2.38. The second-order valence-corrected chi connectivity index (χ2v) is 11.8. The van der Waals surface area contributed by atoms with Gasteiger partial charge in [0.05, 0.1) is 45.5 Å². The van der Waals surface area contributed by atoms with Crippen molar-refractivity contribution in [3.63, 3.8) is 0 Å². The maximum atomic E-state index is 13.3. The molecule has 0 fully saturated rings. The van der Waals surface area contributed by atoms with Crippen LogP contribution in [0.3, 0.4) is 0 Å². The van der Waals surface area contributed by atoms with E-state index in [-0.39, 0.29) is 6.10 Å². The summed E-state index contributed by atoms with van der Waals surface area (Å²) < 4.78 is 30.3. The monoisotopic (exact) mass is 668 g/mol. The molecule has 4 rings (SSSR count). The van der Waals surface area contributed by atoms with Gasteiger partial charge < -0.3 is 33.7 Å². The van der Waals surface area contributed by atoms with Gasteiger partial charge in [0.2, 0.25) is 17.6 Å². The van der Waals surface area contributed by atoms with Crippen LogP contribution in [-0.4, -0.2) is 79.6 Å². The zero-order valence-corrected chi connectivity index (χ0v) is 28.1. The van der Waals surface area contributed by atoms with Gasteiger partial charge in [0.1, 0.15) is 5.60 Å². The molecule has 0 saturated carbocycles. The smallest absolute Gasteiger partial charge is 0.257 e. The second kappa shape index (κ2) is 14.4. The summed E-state index contributed by atoms with van der Waals surface area (Å²) in [5.74, 6) is 0.947. The summed E-state index contributed by atoms with van der Waals surface area (Å²) in [4.78, 5) is 15.8. The van der Waals surface area contributed by atoms with E-state index < -0.39 is 11.5 Å². The normalized spacial score (nSPS) is 13.5. The SMILES string of the molecule is CCOc1nccc(C(c2cc3cc(Br)ccc3nc2OC)C(O)(CCN(C)C)c2cc(OC)nc(OC)c2)c1OC(C)C. The number of fused-ring (bicyclic) bond motifs is 1. The van der Waals surface area contributed by atoms with Gasteiger partial charge in [-0.05, 0) is 77.2 Å². The summed E-state index contributed by atoms with van der Waals surface area (Å²) in [5.41, 5.74) is 0.996. The molecule has 2 unspecified atom stereocenters. The van der Waals surface area contributed by atoms with Crippen LogP contribution in [-0.2, 0) is 5.60 Å². The maximum Gasteiger partial charge on any atom is 0.257 e. The number of aliphatic hydroxyl groups is 1. The van der Waals surface area contributed by atoms with Crippen molar-refractivity contribution in [2.75, 3.05) is 48.6 Å². The van der Waals surface area contributed by atoms with E-state index in [1.165, 1.54) is 14.2 Å². The van der Waals surface area contributed by atoms with Gasteiger partial charge in [-0.15, -0.1) is 0 Å². The number of pyridine rings is 3. The molecule has 2 atom stereocenters. The van der Waals surface area contributed by atoms with E-state index in [2.05, 4.69) is 25.9 Å². The molecule has 4 aromatic rings. The number of rotatable bonds is 14. The zero-order valence-electron chi connectivity index (χ0n) is 26.6. The Morgan fingerprint density at radius 2 is 1.61 bits per heavy atom. The highest BCUT2D eigenvalue weighted by atomic mass is 79.9. The fourth-order valence-corrected chi connectivity index (χ4v) is 5.63. The van der Waals surface area contributed by atoms with Crippen LogP contribution in [0.1, 0.15) is 49.8 Å². The van der Waals surface area contributed by atoms with Crippen molar-refractivity contribution in [1.82, 2.24) is 19.9 Å². The van der Waals surface area contributed by atoms with Crippen molar-refractivity contribution in [1.29, 1.82) is 0 Å². The third kappa shape index (κ3) is 7.17. The Hall–Kier alpha value is -3.67. The Labute approximate surface area is 267 Å². The second-order valence-electron chi connectivity index (χ2n) is 10.9. The number of hydrogen-bond donors (Lipinski definition) is 1. The molecule has 3 aromatic heterocycles. The molecule has 3 heterocycles. The molecule has 0 spiro atoms. The van der Waals surface area contributed by atoms with E-state index in [1.807, 2.05) is 70.1 Å². The number of halogens is 1. The summed E-state index contributed by atoms with van der Waals surface area (Å²) in [5, 5.41) is 14.2. The van der Waals surface area contributed by atoms with Gasteiger partial charge in [0.25, 0.3) is 5.88 Å². The predicted octanol–water partition coefficient (Wildman–Crippen LogP) is 5.97. The molecule has 0 radical (unpaired) electrons. The van der Waals surface area contributed by atoms with Crippen molar-refractivity contribution in [3.8, 4) is 29.3 Å². The van der Waals surface area contributed by atoms with Gasteiger partial charge in [-0.3, -0.25) is 0 Å². The summed E-state index contributed by atoms with van der Waals surface area (Å²) in [6, 6.07) is 13.2. The molecule has 0 aliphatic rings. The average molecular weight is 670 g/mol. The number of benzene rings is 1. The molecular weight excluding hydrogens is 628 g/mol. The molecule has 0 amide bonds. The summed E-state index contributed by atoms with van der Waals surface area (Å²) >= 11 is 3.60. The minimum Gasteiger partial charge on any atom is -0.485 e. The third-order valence-corrected chi connectivity index (χ3v) is 7.73. The number of hydrogen-bond acceptors (Lipinski definition) is 10. The Balaban J connectivity index is 2.17. The van der Waals surface area contributed by atoms with Crippen LogP contribution in [0, 0.1) is 0 Å². The largest absolute Gasteiger partial charge is 0.485 e. The van der Waals surface area contributed by atoms with Crippen LogP contribution >= 0.6 is 15.9 Å². The standard InChI is InChI=1S/C33H41BrN4O6/c1-9-43-32-30(44-20(2)3)24(12-14-35-32)29(25-17-21-16-23(34)10-11-26(21)36-31(25)42-8)33(39,13-15-38(4)5)22-18-27(40-6)37-28(19-22)41-7/h10-12,14,16-20,29,39H,9,13,15H2,1-8H3. The van der Waals surface area contributed by atoms with Gasteiger partial charge in [-0.1, -0.05) is 15.9 Å². The zero-order chi connectivity index (χ0) is 32.0. The van der Waals surface area contributed by atoms with Gasteiger partial charge in [-0.2, -0.15) is 4.98 Å². The fraction of sp³-hybridized carbons (Fsp3) is 0.424. The quantitative estimate of drug-likeness (QED) is 0.173. The first-order valence-corrected chi connectivity index (χ1v) is 15.2. The summed E-state index contributed by atoms with van der Waals surface area (Å²) in [6.07, 6.45) is 1.76. The molecular formula is C33H41BrN4O6. The van der Waals surface area contributed by atoms with Gasteiger partial charge in [0, 0.05) is 45.9 Å².